The van der Waals surface area contributed by atoms with Crippen LogP contribution in [0.5, 0.6) is 23.5 Å². The van der Waals surface area contributed by atoms with Gasteiger partial charge in [0.1, 0.15) is 31.6 Å². The van der Waals surface area contributed by atoms with E-state index in [1.54, 1.807) is 24.0 Å². The van der Waals surface area contributed by atoms with Crippen LogP contribution in [-0.2, 0) is 20.3 Å². The van der Waals surface area contributed by atoms with Crippen LogP contribution >= 0.6 is 0 Å². The fraction of sp³-hybridized carbons (Fsp3) is 0.370. The van der Waals surface area contributed by atoms with Crippen molar-refractivity contribution in [3.8, 4) is 73.8 Å². The maximum atomic E-state index is 13.5. The third kappa shape index (κ3) is 6.26. The summed E-state index contributed by atoms with van der Waals surface area (Å²) in [6.07, 6.45) is 13.1. The number of benzene rings is 2. The number of pyridine rings is 2. The van der Waals surface area contributed by atoms with Gasteiger partial charge in [-0.05, 0) is 109 Å². The van der Waals surface area contributed by atoms with E-state index in [1.807, 2.05) is 29.1 Å². The zero-order valence-electron chi connectivity index (χ0n) is 32.8. The van der Waals surface area contributed by atoms with Gasteiger partial charge in [-0.2, -0.15) is 14.6 Å². The van der Waals surface area contributed by atoms with Gasteiger partial charge < -0.3 is 29.6 Å². The van der Waals surface area contributed by atoms with E-state index in [0.717, 1.165) is 81.3 Å². The number of piperidine rings is 2. The summed E-state index contributed by atoms with van der Waals surface area (Å²) in [7, 11) is 1.76. The molecule has 59 heavy (non-hydrogen) atoms. The molecule has 0 saturated carbocycles. The number of ether oxygens (including phenoxy) is 4. The molecule has 4 saturated heterocycles. The molecule has 0 amide bonds. The third-order valence-electron chi connectivity index (χ3n) is 13.3. The van der Waals surface area contributed by atoms with Gasteiger partial charge in [0, 0.05) is 59.1 Å². The molecular formula is C46H45N8O5+. The highest BCUT2D eigenvalue weighted by atomic mass is 16.5. The van der Waals surface area contributed by atoms with E-state index >= 15 is 0 Å². The van der Waals surface area contributed by atoms with Crippen LogP contribution in [-0.4, -0.2) is 61.2 Å². The maximum absolute atomic E-state index is 13.5. The molecule has 298 valence electrons. The quantitative estimate of drug-likeness (QED) is 0.166. The first kappa shape index (κ1) is 34.9. The minimum atomic E-state index is -0.153. The molecule has 6 aromatic rings. The van der Waals surface area contributed by atoms with E-state index in [4.69, 9.17) is 28.9 Å². The van der Waals surface area contributed by atoms with Gasteiger partial charge in [0.2, 0.25) is 23.5 Å². The van der Waals surface area contributed by atoms with Gasteiger partial charge in [0.05, 0.1) is 18.8 Å². The van der Waals surface area contributed by atoms with E-state index in [0.29, 0.717) is 66.7 Å². The molecule has 6 aliphatic heterocycles. The summed E-state index contributed by atoms with van der Waals surface area (Å²) in [6.45, 7) is 0.755. The van der Waals surface area contributed by atoms with Gasteiger partial charge in [-0.3, -0.25) is 4.79 Å². The normalized spacial score (nSPS) is 24.6. The molecule has 4 unspecified atom stereocenters. The highest BCUT2D eigenvalue weighted by Gasteiger charge is 2.36. The largest absolute Gasteiger partial charge is 0.474 e. The average Bonchev–Trinajstić information content (AvgIpc) is 3.98. The summed E-state index contributed by atoms with van der Waals surface area (Å²) in [5.74, 6) is 3.09. The van der Waals surface area contributed by atoms with Crippen molar-refractivity contribution < 1.29 is 23.6 Å². The Balaban J connectivity index is 0.796. The van der Waals surface area contributed by atoms with E-state index < -0.39 is 0 Å². The van der Waals surface area contributed by atoms with Crippen molar-refractivity contribution in [2.24, 2.45) is 7.05 Å². The van der Waals surface area contributed by atoms with Gasteiger partial charge in [-0.15, -0.1) is 9.78 Å². The lowest BCUT2D eigenvalue weighted by Gasteiger charge is -2.29. The Morgan fingerprint density at radius 3 is 1.75 bits per heavy atom. The average molecular weight is 790 g/mol. The van der Waals surface area contributed by atoms with Crippen LogP contribution in [0.15, 0.2) is 83.9 Å². The zero-order valence-corrected chi connectivity index (χ0v) is 32.8. The first-order valence-corrected chi connectivity index (χ1v) is 21.0. The Hall–Kier alpha value is -6.05. The van der Waals surface area contributed by atoms with Crippen LogP contribution in [0.3, 0.4) is 0 Å². The molecule has 12 rings (SSSR count). The van der Waals surface area contributed by atoms with Crippen molar-refractivity contribution in [3.05, 3.63) is 101 Å². The Labute approximate surface area is 340 Å². The van der Waals surface area contributed by atoms with Crippen molar-refractivity contribution in [2.75, 3.05) is 0 Å². The molecule has 4 atom stereocenters. The predicted molar refractivity (Wildman–Crippen MR) is 219 cm³/mol. The minimum Gasteiger partial charge on any atom is -0.474 e. The molecule has 2 aromatic carbocycles. The summed E-state index contributed by atoms with van der Waals surface area (Å²) in [4.78, 5) is 23.1. The van der Waals surface area contributed by atoms with Crippen LogP contribution in [0, 0.1) is 0 Å². The van der Waals surface area contributed by atoms with Crippen LogP contribution < -0.4 is 39.8 Å². The maximum Gasteiger partial charge on any atom is 0.333 e. The van der Waals surface area contributed by atoms with Crippen molar-refractivity contribution in [1.82, 2.24) is 35.5 Å². The molecule has 13 heteroatoms. The summed E-state index contributed by atoms with van der Waals surface area (Å²) < 4.78 is 28.5. The SMILES string of the molecule is Cn1c(=O)cc(-c2ccc3c(c2)COc2nc(OC4CC5CCC(C4)N5)ccc2-3)c[n+]1-c1[nH]ncc1-c1ccc2c(c1)COc1nc(OC3CC4CCC(C3)N4)ccc1-2. The van der Waals surface area contributed by atoms with Gasteiger partial charge >= 0.3 is 5.82 Å². The number of aromatic amines is 1. The lowest BCUT2D eigenvalue weighted by Crippen LogP contribution is -2.48. The van der Waals surface area contributed by atoms with Crippen molar-refractivity contribution in [1.29, 1.82) is 0 Å². The molecule has 4 fully saturated rings. The van der Waals surface area contributed by atoms with E-state index in [2.05, 4.69) is 63.3 Å². The monoisotopic (exact) mass is 789 g/mol. The number of rotatable bonds is 7. The summed E-state index contributed by atoms with van der Waals surface area (Å²) in [6, 6.07) is 24.5. The Kier molecular flexibility index (Phi) is 8.16. The number of hydrogen-bond donors (Lipinski definition) is 3. The molecule has 0 aliphatic carbocycles. The van der Waals surface area contributed by atoms with Crippen molar-refractivity contribution in [3.63, 3.8) is 0 Å². The fourth-order valence-corrected chi connectivity index (χ4v) is 10.4. The van der Waals surface area contributed by atoms with Crippen LogP contribution in [0.2, 0.25) is 0 Å². The van der Waals surface area contributed by atoms with Crippen LogP contribution in [0.25, 0.3) is 50.3 Å². The van der Waals surface area contributed by atoms with Gasteiger partial charge in [-0.25, -0.2) is 0 Å². The van der Waals surface area contributed by atoms with Crippen molar-refractivity contribution in [2.45, 2.75) is 101 Å². The standard InChI is InChI=1S/C46H44N8O5/c1-53-43(55)16-27(25-2-8-36-28(14-25)23-56-45-38(36)10-12-41(50-45)58-34-17-30-4-5-31(18-34)48-30)22-54(53)44-40(21-47-52-44)26-3-9-37-29(15-26)24-57-46-39(37)11-13-42(51-46)59-35-19-32-6-7-33(20-35)49-32/h2-3,8-16,21-22,30-35,48-49H,4-7,17-20,23-24H2,1H3/p+1. The minimum absolute atomic E-state index is 0.153. The van der Waals surface area contributed by atoms with E-state index in [9.17, 15) is 4.79 Å². The lowest BCUT2D eigenvalue weighted by molar-refractivity contribution is -0.691. The summed E-state index contributed by atoms with van der Waals surface area (Å²) in [5.41, 5.74) is 9.43. The smallest absolute Gasteiger partial charge is 0.333 e. The number of fused-ring (bicyclic) bond motifs is 10. The van der Waals surface area contributed by atoms with Gasteiger partial charge in [0.15, 0.2) is 0 Å². The molecule has 0 spiro atoms. The van der Waals surface area contributed by atoms with Crippen molar-refractivity contribution >= 4 is 0 Å². The number of nitrogens with zero attached hydrogens (tertiary/aromatic N) is 5. The Morgan fingerprint density at radius 1 is 0.644 bits per heavy atom. The second-order valence-corrected chi connectivity index (χ2v) is 17.1. The van der Waals surface area contributed by atoms with Crippen LogP contribution in [0.1, 0.15) is 62.5 Å². The fourth-order valence-electron chi connectivity index (χ4n) is 10.4. The molecule has 13 nitrogen and oxygen atoms in total. The second kappa shape index (κ2) is 13.8. The molecule has 3 N–H and O–H groups in total. The molecule has 4 bridgehead atoms. The number of hydrogen-bond acceptors (Lipinski definition) is 10. The molecule has 4 aromatic heterocycles. The van der Waals surface area contributed by atoms with E-state index in [1.165, 1.54) is 25.7 Å². The second-order valence-electron chi connectivity index (χ2n) is 17.1. The van der Waals surface area contributed by atoms with Gasteiger partial charge in [0.25, 0.3) is 5.56 Å². The zero-order chi connectivity index (χ0) is 39.2. The Bertz CT molecular complexity index is 2690. The topological polar surface area (TPSA) is 141 Å². The van der Waals surface area contributed by atoms with Gasteiger partial charge in [-0.1, -0.05) is 29.4 Å². The number of aromatic nitrogens is 6. The van der Waals surface area contributed by atoms with E-state index in [-0.39, 0.29) is 17.8 Å². The number of nitrogens with one attached hydrogen (secondary N) is 3. The summed E-state index contributed by atoms with van der Waals surface area (Å²) in [5, 5.41) is 15.0. The third-order valence-corrected chi connectivity index (χ3v) is 13.3. The molecular weight excluding hydrogens is 745 g/mol. The first-order valence-electron chi connectivity index (χ1n) is 21.0. The summed E-state index contributed by atoms with van der Waals surface area (Å²) >= 11 is 0. The first-order chi connectivity index (χ1) is 28.9. The number of H-pyrrole nitrogens is 1. The Morgan fingerprint density at radius 2 is 1.17 bits per heavy atom. The van der Waals surface area contributed by atoms with Crippen LogP contribution in [0.4, 0.5) is 0 Å². The molecule has 0 radical (unpaired) electrons. The lowest BCUT2D eigenvalue weighted by atomic mass is 9.95. The molecule has 10 heterocycles. The molecule has 6 aliphatic rings. The predicted octanol–water partition coefficient (Wildman–Crippen LogP) is 5.95. The highest BCUT2D eigenvalue weighted by molar-refractivity contribution is 5.79. The highest BCUT2D eigenvalue weighted by Crippen LogP contribution is 2.42.